The summed E-state index contributed by atoms with van der Waals surface area (Å²) in [6.07, 6.45) is 8.45. The number of hydrogen-bond donors (Lipinski definition) is 0. The molecule has 2 amide bonds. The Morgan fingerprint density at radius 1 is 1.16 bits per heavy atom. The molecule has 4 rings (SSSR count). The first-order chi connectivity index (χ1) is 15.1. The average Bonchev–Trinajstić information content (AvgIpc) is 2.75. The quantitative estimate of drug-likeness (QED) is 0.685. The number of carbonyl (C=O) groups is 2. The Morgan fingerprint density at radius 2 is 2.03 bits per heavy atom. The van der Waals surface area contributed by atoms with E-state index in [0.717, 1.165) is 43.2 Å². The molecule has 1 saturated heterocycles. The Morgan fingerprint density at radius 3 is 2.74 bits per heavy atom. The third kappa shape index (κ3) is 5.43. The van der Waals surface area contributed by atoms with Crippen LogP contribution in [0.1, 0.15) is 43.2 Å². The molecular weight excluding hydrogens is 390 g/mol. The van der Waals surface area contributed by atoms with Crippen molar-refractivity contribution < 1.29 is 14.3 Å². The van der Waals surface area contributed by atoms with Crippen molar-refractivity contribution >= 4 is 11.8 Å². The second-order valence-corrected chi connectivity index (χ2v) is 8.70. The minimum Gasteiger partial charge on any atom is -0.484 e. The Bertz CT molecular complexity index is 898. The van der Waals surface area contributed by atoms with E-state index in [1.54, 1.807) is 6.20 Å². The number of carbonyl (C=O) groups excluding carboxylic acids is 2. The molecule has 6 nitrogen and oxygen atoms in total. The van der Waals surface area contributed by atoms with Crippen molar-refractivity contribution in [1.29, 1.82) is 0 Å². The van der Waals surface area contributed by atoms with Gasteiger partial charge in [-0.05, 0) is 61.9 Å². The summed E-state index contributed by atoms with van der Waals surface area (Å²) in [5.74, 6) is 1.04. The molecule has 1 atom stereocenters. The molecule has 0 N–H and O–H groups in total. The zero-order chi connectivity index (χ0) is 21.6. The zero-order valence-electron chi connectivity index (χ0n) is 18.2. The van der Waals surface area contributed by atoms with E-state index in [2.05, 4.69) is 4.98 Å². The van der Waals surface area contributed by atoms with Gasteiger partial charge in [-0.15, -0.1) is 0 Å². The molecule has 2 heterocycles. The lowest BCUT2D eigenvalue weighted by molar-refractivity contribution is -0.146. The molecule has 1 aromatic heterocycles. The number of pyridine rings is 1. The smallest absolute Gasteiger partial charge is 0.260 e. The summed E-state index contributed by atoms with van der Waals surface area (Å²) in [5.41, 5.74) is 2.13. The maximum atomic E-state index is 13.2. The second kappa shape index (κ2) is 9.94. The number of amides is 2. The number of benzene rings is 1. The number of piperidine rings is 1. The van der Waals surface area contributed by atoms with E-state index in [1.165, 1.54) is 0 Å². The van der Waals surface area contributed by atoms with Crippen LogP contribution >= 0.6 is 0 Å². The third-order valence-electron chi connectivity index (χ3n) is 6.36. The maximum Gasteiger partial charge on any atom is 0.260 e. The first kappa shape index (κ1) is 21.3. The predicted molar refractivity (Wildman–Crippen MR) is 118 cm³/mol. The van der Waals surface area contributed by atoms with E-state index in [1.807, 2.05) is 59.3 Å². The van der Waals surface area contributed by atoms with Gasteiger partial charge in [0, 0.05) is 44.0 Å². The van der Waals surface area contributed by atoms with Gasteiger partial charge in [-0.3, -0.25) is 14.6 Å². The fourth-order valence-electron chi connectivity index (χ4n) is 4.34. The van der Waals surface area contributed by atoms with Gasteiger partial charge in [0.1, 0.15) is 5.75 Å². The summed E-state index contributed by atoms with van der Waals surface area (Å²) in [5, 5.41) is 0. The summed E-state index contributed by atoms with van der Waals surface area (Å²) in [7, 11) is 0. The number of ether oxygens (including phenoxy) is 1. The number of nitrogens with zero attached hydrogens (tertiary/aromatic N) is 3. The van der Waals surface area contributed by atoms with Crippen molar-refractivity contribution in [2.24, 2.45) is 5.92 Å². The fourth-order valence-corrected chi connectivity index (χ4v) is 4.34. The van der Waals surface area contributed by atoms with Crippen LogP contribution in [0.5, 0.6) is 5.75 Å². The van der Waals surface area contributed by atoms with E-state index in [4.69, 9.17) is 4.74 Å². The van der Waals surface area contributed by atoms with Crippen molar-refractivity contribution in [3.8, 4) is 5.75 Å². The molecule has 2 fully saturated rings. The van der Waals surface area contributed by atoms with Crippen LogP contribution < -0.4 is 4.74 Å². The molecule has 1 unspecified atom stereocenters. The van der Waals surface area contributed by atoms with Gasteiger partial charge >= 0.3 is 0 Å². The summed E-state index contributed by atoms with van der Waals surface area (Å²) in [6, 6.07) is 11.7. The Kier molecular flexibility index (Phi) is 6.85. The number of hydrogen-bond acceptors (Lipinski definition) is 4. The Hall–Kier alpha value is -2.89. The second-order valence-electron chi connectivity index (χ2n) is 8.70. The lowest BCUT2D eigenvalue weighted by atomic mass is 9.83. The summed E-state index contributed by atoms with van der Waals surface area (Å²) < 4.78 is 5.73. The molecule has 1 aliphatic heterocycles. The van der Waals surface area contributed by atoms with Gasteiger partial charge < -0.3 is 14.5 Å². The van der Waals surface area contributed by atoms with Crippen molar-refractivity contribution in [2.45, 2.75) is 51.6 Å². The molecule has 0 radical (unpaired) electrons. The van der Waals surface area contributed by atoms with Gasteiger partial charge in [-0.2, -0.15) is 0 Å². The van der Waals surface area contributed by atoms with Gasteiger partial charge in [-0.25, -0.2) is 0 Å². The average molecular weight is 422 g/mol. The number of aromatic nitrogens is 1. The normalized spacial score (nSPS) is 18.9. The zero-order valence-corrected chi connectivity index (χ0v) is 18.2. The number of likely N-dealkylation sites (tertiary alicyclic amines) is 1. The van der Waals surface area contributed by atoms with Crippen LogP contribution in [0.25, 0.3) is 0 Å². The van der Waals surface area contributed by atoms with E-state index >= 15 is 0 Å². The van der Waals surface area contributed by atoms with Gasteiger partial charge in [0.25, 0.3) is 5.91 Å². The monoisotopic (exact) mass is 421 g/mol. The topological polar surface area (TPSA) is 62.7 Å². The highest BCUT2D eigenvalue weighted by Crippen LogP contribution is 2.31. The molecule has 0 spiro atoms. The predicted octanol–water partition coefficient (Wildman–Crippen LogP) is 3.59. The number of aryl methyl sites for hydroxylation is 1. The van der Waals surface area contributed by atoms with Crippen LogP contribution in [0.3, 0.4) is 0 Å². The molecular formula is C25H31N3O3. The first-order valence-corrected chi connectivity index (χ1v) is 11.3. The highest BCUT2D eigenvalue weighted by atomic mass is 16.5. The van der Waals surface area contributed by atoms with Gasteiger partial charge in [-0.1, -0.05) is 24.6 Å². The van der Waals surface area contributed by atoms with E-state index < -0.39 is 0 Å². The van der Waals surface area contributed by atoms with Crippen LogP contribution in [0, 0.1) is 12.8 Å². The summed E-state index contributed by atoms with van der Waals surface area (Å²) in [6.45, 7) is 3.85. The Labute approximate surface area is 184 Å². The highest BCUT2D eigenvalue weighted by Gasteiger charge is 2.36. The van der Waals surface area contributed by atoms with E-state index in [-0.39, 0.29) is 30.4 Å². The first-order valence-electron chi connectivity index (χ1n) is 11.3. The molecule has 6 heteroatoms. The van der Waals surface area contributed by atoms with Crippen LogP contribution in [0.4, 0.5) is 0 Å². The largest absolute Gasteiger partial charge is 0.484 e. The lowest BCUT2D eigenvalue weighted by Gasteiger charge is -2.42. The van der Waals surface area contributed by atoms with Crippen LogP contribution in [-0.4, -0.2) is 52.3 Å². The standard InChI is InChI=1S/C25H31N3O3/c1-19-6-2-11-23(14-19)31-18-24(29)27-13-5-10-22(17-27)28(25(30)21-8-3-9-21)16-20-7-4-12-26-15-20/h2,4,6-7,11-12,14-15,21-22H,3,5,8-10,13,16-18H2,1H3. The number of rotatable bonds is 7. The minimum absolute atomic E-state index is 0.0232. The fraction of sp³-hybridized carbons (Fsp3) is 0.480. The third-order valence-corrected chi connectivity index (χ3v) is 6.36. The van der Waals surface area contributed by atoms with Crippen LogP contribution in [-0.2, 0) is 16.1 Å². The highest BCUT2D eigenvalue weighted by molar-refractivity contribution is 5.80. The summed E-state index contributed by atoms with van der Waals surface area (Å²) >= 11 is 0. The SMILES string of the molecule is Cc1cccc(OCC(=O)N2CCCC(N(Cc3cccnc3)C(=O)C3CCC3)C2)c1. The van der Waals surface area contributed by atoms with Crippen molar-refractivity contribution in [3.63, 3.8) is 0 Å². The molecule has 164 valence electrons. The minimum atomic E-state index is -0.0244. The molecule has 0 bridgehead atoms. The summed E-state index contributed by atoms with van der Waals surface area (Å²) in [4.78, 5) is 34.1. The van der Waals surface area contributed by atoms with E-state index in [9.17, 15) is 9.59 Å². The molecule has 31 heavy (non-hydrogen) atoms. The molecule has 1 saturated carbocycles. The van der Waals surface area contributed by atoms with Crippen LogP contribution in [0.2, 0.25) is 0 Å². The lowest BCUT2D eigenvalue weighted by Crippen LogP contribution is -2.53. The molecule has 1 aliphatic carbocycles. The molecule has 2 aliphatic rings. The van der Waals surface area contributed by atoms with Crippen LogP contribution in [0.15, 0.2) is 48.8 Å². The van der Waals surface area contributed by atoms with Crippen molar-refractivity contribution in [1.82, 2.24) is 14.8 Å². The van der Waals surface area contributed by atoms with Gasteiger partial charge in [0.05, 0.1) is 0 Å². The molecule has 1 aromatic carbocycles. The Balaban J connectivity index is 1.41. The van der Waals surface area contributed by atoms with Crippen molar-refractivity contribution in [3.05, 3.63) is 59.9 Å². The van der Waals surface area contributed by atoms with E-state index in [0.29, 0.717) is 25.4 Å². The molecule has 2 aromatic rings. The van der Waals surface area contributed by atoms with Gasteiger partial charge in [0.15, 0.2) is 6.61 Å². The maximum absolute atomic E-state index is 13.2. The van der Waals surface area contributed by atoms with Gasteiger partial charge in [0.2, 0.25) is 5.91 Å². The van der Waals surface area contributed by atoms with Crippen molar-refractivity contribution in [2.75, 3.05) is 19.7 Å².